The second-order valence-corrected chi connectivity index (χ2v) is 10.8. The summed E-state index contributed by atoms with van der Waals surface area (Å²) in [6, 6.07) is 13.1. The van der Waals surface area contributed by atoms with E-state index in [0.29, 0.717) is 42.5 Å². The Morgan fingerprint density at radius 1 is 0.967 bits per heavy atom. The molecule has 0 bridgehead atoms. The molecule has 0 N–H and O–H groups in total. The molecule has 0 aliphatic carbocycles. The number of hydrogen-bond acceptors (Lipinski definition) is 6. The van der Waals surface area contributed by atoms with Gasteiger partial charge >= 0.3 is 0 Å². The molecule has 0 radical (unpaired) electrons. The molecular formula is C20H26N6O2S2. The molecule has 1 fully saturated rings. The van der Waals surface area contributed by atoms with Crippen molar-refractivity contribution in [1.82, 2.24) is 29.0 Å². The summed E-state index contributed by atoms with van der Waals surface area (Å²) >= 11 is 5.49. The number of benzene rings is 2. The molecule has 2 aromatic carbocycles. The summed E-state index contributed by atoms with van der Waals surface area (Å²) < 4.78 is 31.8. The molecule has 2 heterocycles. The fourth-order valence-electron chi connectivity index (χ4n) is 3.56. The lowest BCUT2D eigenvalue weighted by molar-refractivity contribution is 0.143. The molecule has 0 spiro atoms. The molecule has 1 aliphatic heterocycles. The van der Waals surface area contributed by atoms with Crippen LogP contribution in [0.2, 0.25) is 0 Å². The van der Waals surface area contributed by atoms with Gasteiger partial charge in [0.05, 0.1) is 17.1 Å². The second-order valence-electron chi connectivity index (χ2n) is 8.52. The van der Waals surface area contributed by atoms with Crippen molar-refractivity contribution in [2.24, 2.45) is 0 Å². The van der Waals surface area contributed by atoms with Crippen LogP contribution in [0, 0.1) is 4.77 Å². The van der Waals surface area contributed by atoms with Crippen LogP contribution in [-0.4, -0.2) is 63.6 Å². The molecule has 3 aromatic rings. The molecule has 0 atom stereocenters. The average molecular weight is 447 g/mol. The van der Waals surface area contributed by atoms with Gasteiger partial charge in [-0.25, -0.2) is 17.8 Å². The maximum absolute atomic E-state index is 13.1. The van der Waals surface area contributed by atoms with E-state index in [1.807, 2.05) is 51.1 Å². The molecule has 1 saturated heterocycles. The zero-order valence-electron chi connectivity index (χ0n) is 17.4. The van der Waals surface area contributed by atoms with E-state index in [0.717, 1.165) is 10.8 Å². The van der Waals surface area contributed by atoms with Gasteiger partial charge in [-0.1, -0.05) is 30.3 Å². The second kappa shape index (κ2) is 7.84. The number of nitrogens with zero attached hydrogens (tertiary/aromatic N) is 6. The van der Waals surface area contributed by atoms with E-state index in [4.69, 9.17) is 12.2 Å². The van der Waals surface area contributed by atoms with E-state index in [9.17, 15) is 8.42 Å². The van der Waals surface area contributed by atoms with Gasteiger partial charge in [0, 0.05) is 26.2 Å². The van der Waals surface area contributed by atoms with E-state index < -0.39 is 10.0 Å². The minimum Gasteiger partial charge on any atom is -0.282 e. The van der Waals surface area contributed by atoms with E-state index in [-0.39, 0.29) is 5.54 Å². The highest BCUT2D eigenvalue weighted by Crippen LogP contribution is 2.23. The zero-order valence-corrected chi connectivity index (χ0v) is 19.0. The first-order valence-corrected chi connectivity index (χ1v) is 11.8. The highest BCUT2D eigenvalue weighted by atomic mass is 32.2. The van der Waals surface area contributed by atoms with Crippen LogP contribution in [0.5, 0.6) is 0 Å². The lowest BCUT2D eigenvalue weighted by Gasteiger charge is -2.33. The number of tetrazole rings is 1. The Morgan fingerprint density at radius 3 is 2.27 bits per heavy atom. The van der Waals surface area contributed by atoms with Crippen LogP contribution in [0.15, 0.2) is 47.4 Å². The lowest BCUT2D eigenvalue weighted by Crippen LogP contribution is -2.49. The number of rotatable bonds is 4. The van der Waals surface area contributed by atoms with Gasteiger partial charge in [-0.2, -0.15) is 4.31 Å². The number of hydrogen-bond donors (Lipinski definition) is 0. The van der Waals surface area contributed by atoms with Crippen molar-refractivity contribution in [2.45, 2.75) is 37.9 Å². The molecule has 10 heteroatoms. The van der Waals surface area contributed by atoms with Crippen molar-refractivity contribution >= 4 is 33.0 Å². The Bertz CT molecular complexity index is 1220. The highest BCUT2D eigenvalue weighted by Gasteiger charge is 2.29. The normalized spacial score (nSPS) is 16.9. The quantitative estimate of drug-likeness (QED) is 0.574. The summed E-state index contributed by atoms with van der Waals surface area (Å²) in [6.07, 6.45) is 0. The minimum absolute atomic E-state index is 0.234. The first-order valence-electron chi connectivity index (χ1n) is 9.91. The summed E-state index contributed by atoms with van der Waals surface area (Å²) in [5.74, 6) is 0. The third-order valence-corrected chi connectivity index (χ3v) is 7.58. The molecule has 4 rings (SSSR count). The van der Waals surface area contributed by atoms with Crippen molar-refractivity contribution in [3.8, 4) is 0 Å². The van der Waals surface area contributed by atoms with Crippen LogP contribution in [0.4, 0.5) is 0 Å². The largest absolute Gasteiger partial charge is 0.282 e. The van der Waals surface area contributed by atoms with E-state index >= 15 is 0 Å². The predicted molar refractivity (Wildman–Crippen MR) is 118 cm³/mol. The zero-order chi connectivity index (χ0) is 21.5. The van der Waals surface area contributed by atoms with Crippen molar-refractivity contribution in [3.05, 3.63) is 47.2 Å². The first kappa shape index (κ1) is 21.1. The average Bonchev–Trinajstić information content (AvgIpc) is 3.08. The van der Waals surface area contributed by atoms with Crippen molar-refractivity contribution in [1.29, 1.82) is 0 Å². The maximum Gasteiger partial charge on any atom is 0.243 e. The summed E-state index contributed by atoms with van der Waals surface area (Å²) in [7, 11) is -3.53. The van der Waals surface area contributed by atoms with Crippen LogP contribution < -0.4 is 0 Å². The van der Waals surface area contributed by atoms with Crippen molar-refractivity contribution in [2.75, 3.05) is 26.2 Å². The van der Waals surface area contributed by atoms with Crippen molar-refractivity contribution in [3.63, 3.8) is 0 Å². The number of aromatic nitrogens is 4. The van der Waals surface area contributed by atoms with E-state index in [2.05, 4.69) is 15.3 Å². The number of piperazine rings is 1. The fraction of sp³-hybridized carbons (Fsp3) is 0.450. The Morgan fingerprint density at radius 2 is 1.63 bits per heavy atom. The fourth-order valence-corrected chi connectivity index (χ4v) is 5.42. The standard InChI is InChI=1S/C20H26N6O2S2/c1-20(2,3)26-19(29)25(21-22-26)15-23-10-12-24(13-11-23)30(27,28)18-9-8-16-6-4-5-7-17(16)14-18/h4-9,14H,10-13,15H2,1-3H3. The molecule has 0 amide bonds. The van der Waals surface area contributed by atoms with Gasteiger partial charge in [-0.05, 0) is 66.3 Å². The summed E-state index contributed by atoms with van der Waals surface area (Å²) in [6.45, 7) is 8.65. The molecule has 30 heavy (non-hydrogen) atoms. The summed E-state index contributed by atoms with van der Waals surface area (Å²) in [5.41, 5.74) is -0.234. The third kappa shape index (κ3) is 4.04. The number of fused-ring (bicyclic) bond motifs is 1. The topological polar surface area (TPSA) is 76.3 Å². The Hall–Kier alpha value is -2.14. The van der Waals surface area contributed by atoms with Crippen LogP contribution >= 0.6 is 12.2 Å². The molecule has 8 nitrogen and oxygen atoms in total. The summed E-state index contributed by atoms with van der Waals surface area (Å²) in [5, 5.41) is 10.3. The molecule has 1 aromatic heterocycles. The SMILES string of the molecule is CC(C)(C)n1nnn(CN2CCN(S(=O)(=O)c3ccc4ccccc4c3)CC2)c1=S. The molecule has 0 unspecified atom stereocenters. The van der Waals surface area contributed by atoms with Gasteiger partial charge < -0.3 is 0 Å². The molecule has 1 aliphatic rings. The predicted octanol–water partition coefficient (Wildman–Crippen LogP) is 2.68. The highest BCUT2D eigenvalue weighted by molar-refractivity contribution is 7.89. The lowest BCUT2D eigenvalue weighted by atomic mass is 10.1. The smallest absolute Gasteiger partial charge is 0.243 e. The van der Waals surface area contributed by atoms with Gasteiger partial charge in [0.25, 0.3) is 0 Å². The van der Waals surface area contributed by atoms with E-state index in [1.54, 1.807) is 25.8 Å². The monoisotopic (exact) mass is 446 g/mol. The van der Waals surface area contributed by atoms with Crippen LogP contribution in [0.25, 0.3) is 10.8 Å². The molecule has 0 saturated carbocycles. The number of sulfonamides is 1. The van der Waals surface area contributed by atoms with Gasteiger partial charge in [0.2, 0.25) is 14.8 Å². The third-order valence-electron chi connectivity index (χ3n) is 5.30. The Kier molecular flexibility index (Phi) is 5.52. The maximum atomic E-state index is 13.1. The molecular weight excluding hydrogens is 420 g/mol. The van der Waals surface area contributed by atoms with Crippen LogP contribution in [0.1, 0.15) is 20.8 Å². The van der Waals surface area contributed by atoms with Crippen LogP contribution in [-0.2, 0) is 22.2 Å². The van der Waals surface area contributed by atoms with Gasteiger partial charge in [-0.15, -0.1) is 0 Å². The van der Waals surface area contributed by atoms with Crippen molar-refractivity contribution < 1.29 is 8.42 Å². The Labute approximate surface area is 181 Å². The summed E-state index contributed by atoms with van der Waals surface area (Å²) in [4.78, 5) is 2.48. The van der Waals surface area contributed by atoms with E-state index in [1.165, 1.54) is 0 Å². The molecule has 160 valence electrons. The van der Waals surface area contributed by atoms with Gasteiger partial charge in [-0.3, -0.25) is 4.90 Å². The van der Waals surface area contributed by atoms with Gasteiger partial charge in [0.15, 0.2) is 0 Å². The van der Waals surface area contributed by atoms with Crippen LogP contribution in [0.3, 0.4) is 0 Å². The van der Waals surface area contributed by atoms with Gasteiger partial charge in [0.1, 0.15) is 0 Å². The minimum atomic E-state index is -3.53. The Balaban J connectivity index is 1.45. The first-order chi connectivity index (χ1) is 14.2.